The van der Waals surface area contributed by atoms with Gasteiger partial charge < -0.3 is 20.1 Å². The number of nitrogens with one attached hydrogen (secondary N) is 2. The van der Waals surface area contributed by atoms with Crippen LogP contribution in [0.2, 0.25) is 0 Å². The molecule has 0 spiro atoms. The van der Waals surface area contributed by atoms with Crippen LogP contribution in [0.3, 0.4) is 0 Å². The molecule has 0 aliphatic carbocycles. The molecule has 0 aromatic heterocycles. The van der Waals surface area contributed by atoms with E-state index in [0.29, 0.717) is 37.2 Å². The molecule has 5 nitrogen and oxygen atoms in total. The van der Waals surface area contributed by atoms with Crippen molar-refractivity contribution in [2.24, 2.45) is 4.99 Å². The second-order valence-corrected chi connectivity index (χ2v) is 5.25. The largest absolute Gasteiger partial charge is 0.493 e. The Morgan fingerprint density at radius 1 is 1.12 bits per heavy atom. The van der Waals surface area contributed by atoms with Gasteiger partial charge in [-0.05, 0) is 43.7 Å². The molecule has 0 aliphatic heterocycles. The summed E-state index contributed by atoms with van der Waals surface area (Å²) in [6, 6.07) is 12.0. The third-order valence-electron chi connectivity index (χ3n) is 3.38. The fraction of sp³-hybridized carbons (Fsp3) is 0.316. The van der Waals surface area contributed by atoms with E-state index in [2.05, 4.69) is 15.6 Å². The van der Waals surface area contributed by atoms with Gasteiger partial charge in [-0.15, -0.1) is 24.0 Å². The van der Waals surface area contributed by atoms with Crippen LogP contribution < -0.4 is 20.1 Å². The second kappa shape index (κ2) is 11.6. The zero-order valence-electron chi connectivity index (χ0n) is 15.2. The van der Waals surface area contributed by atoms with Crippen molar-refractivity contribution in [1.82, 2.24) is 5.32 Å². The summed E-state index contributed by atoms with van der Waals surface area (Å²) in [7, 11) is 1.60. The van der Waals surface area contributed by atoms with Crippen molar-refractivity contribution in [3.05, 3.63) is 53.8 Å². The van der Waals surface area contributed by atoms with E-state index in [1.807, 2.05) is 38.1 Å². The molecule has 0 radical (unpaired) electrons. The van der Waals surface area contributed by atoms with E-state index in [9.17, 15) is 4.39 Å². The monoisotopic (exact) mass is 473 g/mol. The first kappa shape index (κ1) is 22.0. The number of hydrogen-bond acceptors (Lipinski definition) is 3. The standard InChI is InChI=1S/C19H24FN3O2.HI/c1-4-21-19(22-13-14-7-6-8-15(20)11-14)23-16-9-10-17(25-5-2)18(12-16)24-3;/h6-12H,4-5,13H2,1-3H3,(H2,21,22,23);1H. The summed E-state index contributed by atoms with van der Waals surface area (Å²) in [6.07, 6.45) is 0. The van der Waals surface area contributed by atoms with Gasteiger partial charge in [0.2, 0.25) is 0 Å². The van der Waals surface area contributed by atoms with E-state index < -0.39 is 0 Å². The number of nitrogens with zero attached hydrogens (tertiary/aromatic N) is 1. The fourth-order valence-corrected chi connectivity index (χ4v) is 2.27. The van der Waals surface area contributed by atoms with Crippen molar-refractivity contribution in [2.45, 2.75) is 20.4 Å². The topological polar surface area (TPSA) is 54.9 Å². The highest BCUT2D eigenvalue weighted by Gasteiger charge is 2.07. The highest BCUT2D eigenvalue weighted by molar-refractivity contribution is 14.0. The molecule has 0 aliphatic rings. The highest BCUT2D eigenvalue weighted by Crippen LogP contribution is 2.30. The molecule has 142 valence electrons. The van der Waals surface area contributed by atoms with E-state index >= 15 is 0 Å². The summed E-state index contributed by atoms with van der Waals surface area (Å²) in [5.41, 5.74) is 1.63. The van der Waals surface area contributed by atoms with Crippen LogP contribution in [0.4, 0.5) is 10.1 Å². The molecule has 0 heterocycles. The van der Waals surface area contributed by atoms with E-state index in [1.165, 1.54) is 12.1 Å². The predicted molar refractivity (Wildman–Crippen MR) is 114 cm³/mol. The van der Waals surface area contributed by atoms with Crippen molar-refractivity contribution in [2.75, 3.05) is 25.6 Å². The molecule has 7 heteroatoms. The predicted octanol–water partition coefficient (Wildman–Crippen LogP) is 4.43. The number of anilines is 1. The zero-order valence-corrected chi connectivity index (χ0v) is 17.5. The maximum Gasteiger partial charge on any atom is 0.196 e. The average molecular weight is 473 g/mol. The molecule has 0 unspecified atom stereocenters. The first-order valence-electron chi connectivity index (χ1n) is 8.26. The summed E-state index contributed by atoms with van der Waals surface area (Å²) in [5.74, 6) is 1.69. The normalized spacial score (nSPS) is 10.7. The summed E-state index contributed by atoms with van der Waals surface area (Å²) in [4.78, 5) is 4.49. The number of ether oxygens (including phenoxy) is 2. The fourth-order valence-electron chi connectivity index (χ4n) is 2.27. The Morgan fingerprint density at radius 3 is 2.58 bits per heavy atom. The van der Waals surface area contributed by atoms with Gasteiger partial charge in [0, 0.05) is 18.3 Å². The van der Waals surface area contributed by atoms with Crippen molar-refractivity contribution in [3.8, 4) is 11.5 Å². The molecular weight excluding hydrogens is 448 g/mol. The van der Waals surface area contributed by atoms with Crippen LogP contribution in [0.25, 0.3) is 0 Å². The van der Waals surface area contributed by atoms with Crippen LogP contribution >= 0.6 is 24.0 Å². The van der Waals surface area contributed by atoms with E-state index in [-0.39, 0.29) is 29.8 Å². The molecule has 0 saturated heterocycles. The van der Waals surface area contributed by atoms with Gasteiger partial charge in [0.15, 0.2) is 17.5 Å². The van der Waals surface area contributed by atoms with Gasteiger partial charge in [0.05, 0.1) is 20.3 Å². The smallest absolute Gasteiger partial charge is 0.196 e. The van der Waals surface area contributed by atoms with Crippen LogP contribution in [-0.4, -0.2) is 26.2 Å². The number of rotatable bonds is 7. The molecule has 2 aromatic rings. The van der Waals surface area contributed by atoms with Crippen molar-refractivity contribution in [3.63, 3.8) is 0 Å². The summed E-state index contributed by atoms with van der Waals surface area (Å²) in [6.45, 7) is 5.57. The average Bonchev–Trinajstić information content (AvgIpc) is 2.61. The lowest BCUT2D eigenvalue weighted by Gasteiger charge is -2.14. The Labute approximate surface area is 171 Å². The minimum Gasteiger partial charge on any atom is -0.493 e. The van der Waals surface area contributed by atoms with E-state index in [4.69, 9.17) is 9.47 Å². The summed E-state index contributed by atoms with van der Waals surface area (Å²) < 4.78 is 24.1. The van der Waals surface area contributed by atoms with Gasteiger partial charge in [0.25, 0.3) is 0 Å². The van der Waals surface area contributed by atoms with Crippen LogP contribution in [0, 0.1) is 5.82 Å². The molecule has 2 N–H and O–H groups in total. The van der Waals surface area contributed by atoms with Crippen LogP contribution in [0.15, 0.2) is 47.5 Å². The number of aliphatic imine (C=N–C) groups is 1. The SMILES string of the molecule is CCNC(=NCc1cccc(F)c1)Nc1ccc(OCC)c(OC)c1.I. The molecule has 0 atom stereocenters. The Balaban J connectivity index is 0.00000338. The lowest BCUT2D eigenvalue weighted by molar-refractivity contribution is 0.311. The molecule has 0 amide bonds. The Bertz CT molecular complexity index is 726. The van der Waals surface area contributed by atoms with Gasteiger partial charge in [-0.2, -0.15) is 0 Å². The Hall–Kier alpha value is -2.03. The maximum atomic E-state index is 13.3. The van der Waals surface area contributed by atoms with Gasteiger partial charge in [0.1, 0.15) is 5.82 Å². The molecule has 0 saturated carbocycles. The molecule has 26 heavy (non-hydrogen) atoms. The van der Waals surface area contributed by atoms with Crippen LogP contribution in [0.5, 0.6) is 11.5 Å². The van der Waals surface area contributed by atoms with Gasteiger partial charge >= 0.3 is 0 Å². The van der Waals surface area contributed by atoms with Gasteiger partial charge in [-0.3, -0.25) is 0 Å². The quantitative estimate of drug-likeness (QED) is 0.355. The first-order valence-corrected chi connectivity index (χ1v) is 8.26. The second-order valence-electron chi connectivity index (χ2n) is 5.25. The van der Waals surface area contributed by atoms with Crippen molar-refractivity contribution < 1.29 is 13.9 Å². The van der Waals surface area contributed by atoms with Crippen molar-refractivity contribution >= 4 is 35.6 Å². The van der Waals surface area contributed by atoms with Gasteiger partial charge in [-0.25, -0.2) is 9.38 Å². The third-order valence-corrected chi connectivity index (χ3v) is 3.38. The zero-order chi connectivity index (χ0) is 18.1. The minimum absolute atomic E-state index is 0. The maximum absolute atomic E-state index is 13.3. The third kappa shape index (κ3) is 6.70. The van der Waals surface area contributed by atoms with E-state index in [1.54, 1.807) is 13.2 Å². The molecule has 0 bridgehead atoms. The van der Waals surface area contributed by atoms with Crippen LogP contribution in [-0.2, 0) is 6.54 Å². The number of hydrogen-bond donors (Lipinski definition) is 2. The molecule has 2 rings (SSSR count). The number of halogens is 2. The number of methoxy groups -OCH3 is 1. The molecular formula is C19H25FIN3O2. The minimum atomic E-state index is -0.262. The number of benzene rings is 2. The van der Waals surface area contributed by atoms with Gasteiger partial charge in [-0.1, -0.05) is 12.1 Å². The Morgan fingerprint density at radius 2 is 1.92 bits per heavy atom. The number of guanidine groups is 1. The first-order chi connectivity index (χ1) is 12.2. The van der Waals surface area contributed by atoms with E-state index in [0.717, 1.165) is 11.3 Å². The van der Waals surface area contributed by atoms with Crippen molar-refractivity contribution in [1.29, 1.82) is 0 Å². The summed E-state index contributed by atoms with van der Waals surface area (Å²) >= 11 is 0. The lowest BCUT2D eigenvalue weighted by Crippen LogP contribution is -2.30. The summed E-state index contributed by atoms with van der Waals surface area (Å²) in [5, 5.41) is 6.38. The van der Waals surface area contributed by atoms with Crippen LogP contribution in [0.1, 0.15) is 19.4 Å². The molecule has 0 fully saturated rings. The Kier molecular flexibility index (Phi) is 9.79. The lowest BCUT2D eigenvalue weighted by atomic mass is 10.2. The highest BCUT2D eigenvalue weighted by atomic mass is 127. The molecule has 2 aromatic carbocycles.